The van der Waals surface area contributed by atoms with Crippen LogP contribution in [0.15, 0.2) is 48.7 Å². The SMILES string of the molecule is COc1ccccc1C1CC(=O)Nc2c1cnn2-c1cc(C)cc(C)c1. The number of fused-ring (bicyclic) bond motifs is 1. The summed E-state index contributed by atoms with van der Waals surface area (Å²) in [6.07, 6.45) is 2.23. The van der Waals surface area contributed by atoms with Gasteiger partial charge in [-0.05, 0) is 43.2 Å². The highest BCUT2D eigenvalue weighted by molar-refractivity contribution is 5.94. The number of hydrogen-bond donors (Lipinski definition) is 1. The number of ether oxygens (including phenoxy) is 1. The summed E-state index contributed by atoms with van der Waals surface area (Å²) in [6, 6.07) is 14.1. The van der Waals surface area contributed by atoms with Gasteiger partial charge in [0.15, 0.2) is 0 Å². The fraction of sp³-hybridized carbons (Fsp3) is 0.238. The third-order valence-electron chi connectivity index (χ3n) is 4.79. The summed E-state index contributed by atoms with van der Waals surface area (Å²) < 4.78 is 7.33. The summed E-state index contributed by atoms with van der Waals surface area (Å²) in [4.78, 5) is 12.4. The molecule has 132 valence electrons. The summed E-state index contributed by atoms with van der Waals surface area (Å²) >= 11 is 0. The van der Waals surface area contributed by atoms with Gasteiger partial charge in [-0.15, -0.1) is 0 Å². The van der Waals surface area contributed by atoms with Gasteiger partial charge in [-0.3, -0.25) is 4.79 Å². The summed E-state index contributed by atoms with van der Waals surface area (Å²) in [5.74, 6) is 1.44. The van der Waals surface area contributed by atoms with Crippen LogP contribution in [0.25, 0.3) is 5.69 Å². The van der Waals surface area contributed by atoms with Crippen LogP contribution in [0.3, 0.4) is 0 Å². The fourth-order valence-corrected chi connectivity index (χ4v) is 3.72. The lowest BCUT2D eigenvalue weighted by Crippen LogP contribution is -2.24. The van der Waals surface area contributed by atoms with Gasteiger partial charge in [0.05, 0.1) is 19.0 Å². The van der Waals surface area contributed by atoms with Crippen molar-refractivity contribution in [3.63, 3.8) is 0 Å². The number of rotatable bonds is 3. The lowest BCUT2D eigenvalue weighted by Gasteiger charge is -2.25. The molecule has 2 heterocycles. The Hall–Kier alpha value is -3.08. The third-order valence-corrected chi connectivity index (χ3v) is 4.79. The van der Waals surface area contributed by atoms with E-state index in [4.69, 9.17) is 4.74 Å². The van der Waals surface area contributed by atoms with E-state index in [9.17, 15) is 4.79 Å². The summed E-state index contributed by atoms with van der Waals surface area (Å²) in [5, 5.41) is 7.58. The van der Waals surface area contributed by atoms with Crippen molar-refractivity contribution < 1.29 is 9.53 Å². The van der Waals surface area contributed by atoms with E-state index in [0.29, 0.717) is 6.42 Å². The van der Waals surface area contributed by atoms with E-state index in [1.165, 1.54) is 0 Å². The molecule has 1 aliphatic heterocycles. The molecule has 1 atom stereocenters. The average Bonchev–Trinajstić information content (AvgIpc) is 3.04. The summed E-state index contributed by atoms with van der Waals surface area (Å²) in [6.45, 7) is 4.12. The van der Waals surface area contributed by atoms with Crippen LogP contribution in [-0.2, 0) is 4.79 Å². The van der Waals surface area contributed by atoms with Crippen molar-refractivity contribution in [3.05, 3.63) is 70.9 Å². The van der Waals surface area contributed by atoms with Crippen molar-refractivity contribution >= 4 is 11.7 Å². The average molecular weight is 347 g/mol. The normalized spacial score (nSPS) is 16.1. The smallest absolute Gasteiger partial charge is 0.226 e. The number of nitrogens with zero attached hydrogens (tertiary/aromatic N) is 2. The molecule has 1 N–H and O–H groups in total. The lowest BCUT2D eigenvalue weighted by molar-refractivity contribution is -0.116. The van der Waals surface area contributed by atoms with Gasteiger partial charge >= 0.3 is 0 Å². The van der Waals surface area contributed by atoms with Crippen LogP contribution in [0.4, 0.5) is 5.82 Å². The molecule has 5 nitrogen and oxygen atoms in total. The van der Waals surface area contributed by atoms with Gasteiger partial charge in [0, 0.05) is 23.5 Å². The molecule has 0 aliphatic carbocycles. The monoisotopic (exact) mass is 347 g/mol. The maximum atomic E-state index is 12.4. The van der Waals surface area contributed by atoms with E-state index in [1.54, 1.807) is 7.11 Å². The molecule has 0 saturated carbocycles. The zero-order valence-electron chi connectivity index (χ0n) is 15.1. The number of carbonyl (C=O) groups excluding carboxylic acids is 1. The third kappa shape index (κ3) is 2.75. The Balaban J connectivity index is 1.85. The predicted molar refractivity (Wildman–Crippen MR) is 101 cm³/mol. The van der Waals surface area contributed by atoms with Crippen LogP contribution in [0.1, 0.15) is 34.6 Å². The van der Waals surface area contributed by atoms with E-state index >= 15 is 0 Å². The molecule has 0 bridgehead atoms. The number of hydrogen-bond acceptors (Lipinski definition) is 3. The van der Waals surface area contributed by atoms with E-state index in [0.717, 1.165) is 39.5 Å². The molecule has 1 aliphatic rings. The Bertz CT molecular complexity index is 970. The van der Waals surface area contributed by atoms with Gasteiger partial charge in [0.1, 0.15) is 11.6 Å². The zero-order chi connectivity index (χ0) is 18.3. The molecule has 5 heteroatoms. The van der Waals surface area contributed by atoms with Crippen molar-refractivity contribution in [2.45, 2.75) is 26.2 Å². The van der Waals surface area contributed by atoms with Crippen molar-refractivity contribution in [2.24, 2.45) is 0 Å². The van der Waals surface area contributed by atoms with Crippen molar-refractivity contribution in [3.8, 4) is 11.4 Å². The van der Waals surface area contributed by atoms with E-state index in [2.05, 4.69) is 42.5 Å². The van der Waals surface area contributed by atoms with Gasteiger partial charge in [-0.1, -0.05) is 24.3 Å². The van der Waals surface area contributed by atoms with Crippen LogP contribution >= 0.6 is 0 Å². The molecular weight excluding hydrogens is 326 g/mol. The van der Waals surface area contributed by atoms with E-state index in [-0.39, 0.29) is 11.8 Å². The molecule has 0 fully saturated rings. The number of para-hydroxylation sites is 1. The first kappa shape index (κ1) is 16.4. The van der Waals surface area contributed by atoms with Gasteiger partial charge in [0.25, 0.3) is 0 Å². The number of carbonyl (C=O) groups is 1. The topological polar surface area (TPSA) is 56.1 Å². The minimum Gasteiger partial charge on any atom is -0.496 e. The molecule has 3 aromatic rings. The molecule has 0 spiro atoms. The van der Waals surface area contributed by atoms with Crippen molar-refractivity contribution in [1.82, 2.24) is 9.78 Å². The summed E-state index contributed by atoms with van der Waals surface area (Å²) in [7, 11) is 1.65. The van der Waals surface area contributed by atoms with Gasteiger partial charge < -0.3 is 10.1 Å². The van der Waals surface area contributed by atoms with Crippen LogP contribution in [0.5, 0.6) is 5.75 Å². The number of benzene rings is 2. The highest BCUT2D eigenvalue weighted by Gasteiger charge is 2.31. The Labute approximate surface area is 152 Å². The van der Waals surface area contributed by atoms with Gasteiger partial charge in [-0.2, -0.15) is 5.10 Å². The molecule has 26 heavy (non-hydrogen) atoms. The van der Waals surface area contributed by atoms with E-state index in [1.807, 2.05) is 35.1 Å². The number of nitrogens with one attached hydrogen (secondary N) is 1. The zero-order valence-corrected chi connectivity index (χ0v) is 15.1. The number of methoxy groups -OCH3 is 1. The van der Waals surface area contributed by atoms with Crippen molar-refractivity contribution in [1.29, 1.82) is 0 Å². The Morgan fingerprint density at radius 1 is 1.12 bits per heavy atom. The summed E-state index contributed by atoms with van der Waals surface area (Å²) in [5.41, 5.74) is 5.28. The molecule has 0 radical (unpaired) electrons. The standard InChI is InChI=1S/C21H21N3O2/c1-13-8-14(2)10-15(9-13)24-21-18(12-22-24)17(11-20(25)23-21)16-6-4-5-7-19(16)26-3/h4-10,12,17H,11H2,1-3H3,(H,23,25). The Kier molecular flexibility index (Phi) is 3.99. The molecule has 4 rings (SSSR count). The molecule has 1 aromatic heterocycles. The Morgan fingerprint density at radius 3 is 2.58 bits per heavy atom. The molecular formula is C21H21N3O2. The number of aryl methyl sites for hydroxylation is 2. The highest BCUT2D eigenvalue weighted by atomic mass is 16.5. The van der Waals surface area contributed by atoms with Crippen LogP contribution in [0, 0.1) is 13.8 Å². The molecule has 1 amide bonds. The number of amides is 1. The maximum Gasteiger partial charge on any atom is 0.226 e. The first-order valence-corrected chi connectivity index (χ1v) is 8.66. The van der Waals surface area contributed by atoms with Crippen LogP contribution in [0.2, 0.25) is 0 Å². The number of aromatic nitrogens is 2. The quantitative estimate of drug-likeness (QED) is 0.780. The van der Waals surface area contributed by atoms with E-state index < -0.39 is 0 Å². The van der Waals surface area contributed by atoms with Gasteiger partial charge in [-0.25, -0.2) is 4.68 Å². The second-order valence-corrected chi connectivity index (χ2v) is 6.75. The highest BCUT2D eigenvalue weighted by Crippen LogP contribution is 2.41. The van der Waals surface area contributed by atoms with Crippen molar-refractivity contribution in [2.75, 3.05) is 12.4 Å². The first-order valence-electron chi connectivity index (χ1n) is 8.66. The fourth-order valence-electron chi connectivity index (χ4n) is 3.72. The van der Waals surface area contributed by atoms with Gasteiger partial charge in [0.2, 0.25) is 5.91 Å². The first-order chi connectivity index (χ1) is 12.6. The van der Waals surface area contributed by atoms with Crippen LogP contribution < -0.4 is 10.1 Å². The number of anilines is 1. The maximum absolute atomic E-state index is 12.4. The molecule has 0 saturated heterocycles. The largest absolute Gasteiger partial charge is 0.496 e. The Morgan fingerprint density at radius 2 is 1.85 bits per heavy atom. The molecule has 2 aromatic carbocycles. The lowest BCUT2D eigenvalue weighted by atomic mass is 9.87. The second-order valence-electron chi connectivity index (χ2n) is 6.75. The second kappa shape index (κ2) is 6.33. The predicted octanol–water partition coefficient (Wildman–Crippen LogP) is 3.97. The van der Waals surface area contributed by atoms with Crippen LogP contribution in [-0.4, -0.2) is 22.8 Å². The minimum absolute atomic E-state index is 0.0143. The minimum atomic E-state index is -0.0745. The molecule has 1 unspecified atom stereocenters.